The van der Waals surface area contributed by atoms with Crippen molar-refractivity contribution in [2.24, 2.45) is 0 Å². The average Bonchev–Trinajstić information content (AvgIpc) is 2.70. The Hall–Kier alpha value is -2.44. The lowest BCUT2D eigenvalue weighted by Crippen LogP contribution is -2.36. The second kappa shape index (κ2) is 9.66. The van der Waals surface area contributed by atoms with Gasteiger partial charge < -0.3 is 15.5 Å². The second-order valence-corrected chi connectivity index (χ2v) is 7.58. The van der Waals surface area contributed by atoms with Gasteiger partial charge in [-0.25, -0.2) is 0 Å². The molecule has 1 aliphatic rings. The molecule has 2 aromatic rings. The maximum absolute atomic E-state index is 12.6. The quantitative estimate of drug-likeness (QED) is 0.740. The third kappa shape index (κ3) is 5.78. The highest BCUT2D eigenvalue weighted by Crippen LogP contribution is 2.16. The van der Waals surface area contributed by atoms with Gasteiger partial charge in [0.15, 0.2) is 5.11 Å². The van der Waals surface area contributed by atoms with Gasteiger partial charge in [-0.3, -0.25) is 9.59 Å². The van der Waals surface area contributed by atoms with Crippen LogP contribution in [-0.4, -0.2) is 34.9 Å². The Balaban J connectivity index is 1.55. The van der Waals surface area contributed by atoms with E-state index in [1.165, 1.54) is 6.42 Å². The lowest BCUT2D eigenvalue weighted by atomic mass is 10.1. The van der Waals surface area contributed by atoms with E-state index in [4.69, 9.17) is 23.8 Å². The van der Waals surface area contributed by atoms with Gasteiger partial charge in [0.2, 0.25) is 5.91 Å². The van der Waals surface area contributed by atoms with Crippen molar-refractivity contribution in [2.45, 2.75) is 25.7 Å². The number of halogens is 1. The molecule has 0 bridgehead atoms. The minimum Gasteiger partial charge on any atom is -0.339 e. The topological polar surface area (TPSA) is 61.4 Å². The summed E-state index contributed by atoms with van der Waals surface area (Å²) in [5.74, 6) is -0.193. The molecule has 7 heteroatoms. The summed E-state index contributed by atoms with van der Waals surface area (Å²) >= 11 is 11.1. The lowest BCUT2D eigenvalue weighted by molar-refractivity contribution is -0.119. The Morgan fingerprint density at radius 2 is 1.75 bits per heavy atom. The minimum atomic E-state index is -0.222. The molecule has 3 rings (SSSR count). The maximum Gasteiger partial charge on any atom is 0.253 e. The molecule has 146 valence electrons. The number of nitrogens with zero attached hydrogens (tertiary/aromatic N) is 1. The Morgan fingerprint density at radius 3 is 2.46 bits per heavy atom. The average molecular weight is 416 g/mol. The summed E-state index contributed by atoms with van der Waals surface area (Å²) in [6.07, 6.45) is 3.47. The van der Waals surface area contributed by atoms with E-state index in [-0.39, 0.29) is 23.3 Å². The number of amides is 2. The predicted molar refractivity (Wildman–Crippen MR) is 116 cm³/mol. The van der Waals surface area contributed by atoms with Crippen LogP contribution in [0.15, 0.2) is 48.5 Å². The molecule has 1 fully saturated rings. The second-order valence-electron chi connectivity index (χ2n) is 6.74. The number of carbonyl (C=O) groups excluding carboxylic acids is 2. The van der Waals surface area contributed by atoms with Crippen LogP contribution >= 0.6 is 23.8 Å². The largest absolute Gasteiger partial charge is 0.339 e. The number of carbonyl (C=O) groups is 2. The summed E-state index contributed by atoms with van der Waals surface area (Å²) in [4.78, 5) is 26.7. The highest BCUT2D eigenvalue weighted by molar-refractivity contribution is 7.80. The van der Waals surface area contributed by atoms with E-state index in [0.29, 0.717) is 16.3 Å². The van der Waals surface area contributed by atoms with Gasteiger partial charge >= 0.3 is 0 Å². The molecule has 28 heavy (non-hydrogen) atoms. The number of piperidine rings is 1. The van der Waals surface area contributed by atoms with Crippen molar-refractivity contribution in [2.75, 3.05) is 18.4 Å². The molecule has 0 spiro atoms. The van der Waals surface area contributed by atoms with E-state index in [2.05, 4.69) is 10.6 Å². The van der Waals surface area contributed by atoms with Crippen LogP contribution in [0, 0.1) is 0 Å². The molecule has 2 amide bonds. The van der Waals surface area contributed by atoms with Crippen LogP contribution in [0.4, 0.5) is 5.69 Å². The molecule has 1 heterocycles. The van der Waals surface area contributed by atoms with Crippen LogP contribution < -0.4 is 10.6 Å². The molecule has 1 aliphatic heterocycles. The van der Waals surface area contributed by atoms with Crippen molar-refractivity contribution < 1.29 is 9.59 Å². The Bertz CT molecular complexity index is 864. The van der Waals surface area contributed by atoms with Gasteiger partial charge in [-0.1, -0.05) is 29.8 Å². The fraction of sp³-hybridized carbons (Fsp3) is 0.286. The van der Waals surface area contributed by atoms with E-state index < -0.39 is 0 Å². The van der Waals surface area contributed by atoms with E-state index in [0.717, 1.165) is 31.5 Å². The fourth-order valence-electron chi connectivity index (χ4n) is 3.13. The van der Waals surface area contributed by atoms with Crippen molar-refractivity contribution in [3.05, 3.63) is 64.7 Å². The minimum absolute atomic E-state index is 0.0287. The first kappa shape index (κ1) is 20.3. The first-order valence-electron chi connectivity index (χ1n) is 9.26. The molecule has 0 aromatic heterocycles. The third-order valence-electron chi connectivity index (χ3n) is 4.54. The van der Waals surface area contributed by atoms with Crippen molar-refractivity contribution >= 4 is 46.4 Å². The molecule has 1 saturated heterocycles. The molecular formula is C21H22ClN3O2S. The standard InChI is InChI=1S/C21H22ClN3O2S/c22-17-9-7-15(8-10-17)13-19(26)24-21(28)23-18-6-4-5-16(14-18)20(27)25-11-2-1-3-12-25/h4-10,14H,1-3,11-13H2,(H2,23,24,26,28). The zero-order valence-corrected chi connectivity index (χ0v) is 17.0. The number of thiocarbonyl (C=S) groups is 1. The Labute approximate surface area is 175 Å². The van der Waals surface area contributed by atoms with Crippen molar-refractivity contribution in [1.29, 1.82) is 0 Å². The number of rotatable bonds is 4. The van der Waals surface area contributed by atoms with Gasteiger partial charge in [0, 0.05) is 29.4 Å². The van der Waals surface area contributed by atoms with Crippen molar-refractivity contribution in [1.82, 2.24) is 10.2 Å². The van der Waals surface area contributed by atoms with Crippen LogP contribution in [-0.2, 0) is 11.2 Å². The van der Waals surface area contributed by atoms with Gasteiger partial charge in [-0.2, -0.15) is 0 Å². The molecule has 0 aliphatic carbocycles. The van der Waals surface area contributed by atoms with Gasteiger partial charge in [0.25, 0.3) is 5.91 Å². The SMILES string of the molecule is O=C(Cc1ccc(Cl)cc1)NC(=S)Nc1cccc(C(=O)N2CCCCC2)c1. The van der Waals surface area contributed by atoms with Crippen LogP contribution in [0.2, 0.25) is 5.02 Å². The molecule has 5 nitrogen and oxygen atoms in total. The van der Waals surface area contributed by atoms with Crippen molar-refractivity contribution in [3.63, 3.8) is 0 Å². The van der Waals surface area contributed by atoms with E-state index in [1.807, 2.05) is 11.0 Å². The van der Waals surface area contributed by atoms with Gasteiger partial charge in [0.05, 0.1) is 6.42 Å². The van der Waals surface area contributed by atoms with Gasteiger partial charge in [-0.15, -0.1) is 0 Å². The van der Waals surface area contributed by atoms with E-state index in [1.54, 1.807) is 42.5 Å². The number of hydrogen-bond donors (Lipinski definition) is 2. The fourth-order valence-corrected chi connectivity index (χ4v) is 3.49. The Morgan fingerprint density at radius 1 is 1.04 bits per heavy atom. The first-order chi connectivity index (χ1) is 13.5. The summed E-state index contributed by atoms with van der Waals surface area (Å²) in [6.45, 7) is 1.60. The van der Waals surface area contributed by atoms with Crippen molar-refractivity contribution in [3.8, 4) is 0 Å². The number of nitrogens with one attached hydrogen (secondary N) is 2. The number of anilines is 1. The highest BCUT2D eigenvalue weighted by Gasteiger charge is 2.18. The Kier molecular flexibility index (Phi) is 7.01. The number of likely N-dealkylation sites (tertiary alicyclic amines) is 1. The van der Waals surface area contributed by atoms with Gasteiger partial charge in [0.1, 0.15) is 0 Å². The maximum atomic E-state index is 12.6. The molecule has 2 N–H and O–H groups in total. The number of benzene rings is 2. The zero-order valence-electron chi connectivity index (χ0n) is 15.4. The monoisotopic (exact) mass is 415 g/mol. The summed E-state index contributed by atoms with van der Waals surface area (Å²) in [7, 11) is 0. The van der Waals surface area contributed by atoms with Crippen LogP contribution in [0.3, 0.4) is 0 Å². The molecule has 0 saturated carbocycles. The lowest BCUT2D eigenvalue weighted by Gasteiger charge is -2.26. The zero-order chi connectivity index (χ0) is 19.9. The van der Waals surface area contributed by atoms with E-state index in [9.17, 15) is 9.59 Å². The molecule has 2 aromatic carbocycles. The molecule has 0 unspecified atom stereocenters. The molecule has 0 atom stereocenters. The summed E-state index contributed by atoms with van der Waals surface area (Å²) < 4.78 is 0. The summed E-state index contributed by atoms with van der Waals surface area (Å²) in [5.41, 5.74) is 2.13. The third-order valence-corrected chi connectivity index (χ3v) is 5.00. The molecule has 0 radical (unpaired) electrons. The van der Waals surface area contributed by atoms with Crippen LogP contribution in [0.5, 0.6) is 0 Å². The summed E-state index contributed by atoms with van der Waals surface area (Å²) in [5, 5.41) is 6.45. The normalized spacial score (nSPS) is 13.7. The predicted octanol–water partition coefficient (Wildman–Crippen LogP) is 4.02. The summed E-state index contributed by atoms with van der Waals surface area (Å²) in [6, 6.07) is 14.3. The number of hydrogen-bond acceptors (Lipinski definition) is 3. The van der Waals surface area contributed by atoms with Gasteiger partial charge in [-0.05, 0) is 67.4 Å². The highest BCUT2D eigenvalue weighted by atomic mass is 35.5. The van der Waals surface area contributed by atoms with E-state index >= 15 is 0 Å². The van der Waals surface area contributed by atoms with Crippen LogP contribution in [0.25, 0.3) is 0 Å². The van der Waals surface area contributed by atoms with Crippen LogP contribution in [0.1, 0.15) is 35.2 Å². The smallest absolute Gasteiger partial charge is 0.253 e. The first-order valence-corrected chi connectivity index (χ1v) is 10.0. The molecular weight excluding hydrogens is 394 g/mol.